The molecule has 1 fully saturated rings. The number of benzene rings is 1. The van der Waals surface area contributed by atoms with Crippen molar-refractivity contribution in [1.82, 2.24) is 9.88 Å². The van der Waals surface area contributed by atoms with Gasteiger partial charge in [-0.3, -0.25) is 9.69 Å². The number of carbonyl (C=O) groups excluding carboxylic acids is 1. The van der Waals surface area contributed by atoms with Gasteiger partial charge in [0.1, 0.15) is 5.01 Å². The fourth-order valence-electron chi connectivity index (χ4n) is 3.27. The van der Waals surface area contributed by atoms with Crippen LogP contribution in [0, 0.1) is 6.92 Å². The monoisotopic (exact) mass is 463 g/mol. The first kappa shape index (κ1) is 20.9. The van der Waals surface area contributed by atoms with E-state index < -0.39 is 0 Å². The number of rotatable bonds is 6. The summed E-state index contributed by atoms with van der Waals surface area (Å²) < 4.78 is 0.743. The molecule has 152 valence electrons. The number of halogens is 1. The van der Waals surface area contributed by atoms with Crippen LogP contribution in [0.3, 0.4) is 0 Å². The molecule has 8 heteroatoms. The van der Waals surface area contributed by atoms with E-state index in [1.54, 1.807) is 11.3 Å². The average Bonchev–Trinajstić information content (AvgIpc) is 3.34. The summed E-state index contributed by atoms with van der Waals surface area (Å²) in [5.74, 6) is 2.38. The summed E-state index contributed by atoms with van der Waals surface area (Å²) in [4.78, 5) is 20.6. The molecule has 0 atom stereocenters. The minimum atomic E-state index is -0.0463. The molecule has 1 aliphatic rings. The number of aryl methyl sites for hydroxylation is 1. The summed E-state index contributed by atoms with van der Waals surface area (Å²) in [5, 5.41) is 5.88. The largest absolute Gasteiger partial charge is 0.326 e. The second kappa shape index (κ2) is 9.62. The molecule has 4 rings (SSSR count). The van der Waals surface area contributed by atoms with Crippen LogP contribution in [0.4, 0.5) is 5.69 Å². The summed E-state index contributed by atoms with van der Waals surface area (Å²) in [5.41, 5.74) is 4.04. The van der Waals surface area contributed by atoms with Crippen LogP contribution in [0.1, 0.15) is 16.8 Å². The van der Waals surface area contributed by atoms with Crippen molar-refractivity contribution in [2.75, 3.05) is 29.9 Å². The fourth-order valence-corrected chi connectivity index (χ4v) is 6.18. The lowest BCUT2D eigenvalue weighted by Gasteiger charge is -2.26. The number of thiophene rings is 1. The van der Waals surface area contributed by atoms with Crippen LogP contribution in [0.15, 0.2) is 35.7 Å². The van der Waals surface area contributed by atoms with E-state index in [1.165, 1.54) is 28.4 Å². The van der Waals surface area contributed by atoms with Crippen LogP contribution in [0.2, 0.25) is 4.34 Å². The van der Waals surface area contributed by atoms with Gasteiger partial charge in [-0.1, -0.05) is 23.7 Å². The maximum Gasteiger partial charge on any atom is 0.230 e. The van der Waals surface area contributed by atoms with Gasteiger partial charge in [-0.25, -0.2) is 4.98 Å². The second-order valence-corrected chi connectivity index (χ2v) is 10.8. The van der Waals surface area contributed by atoms with Crippen molar-refractivity contribution in [1.29, 1.82) is 0 Å². The molecule has 1 N–H and O–H groups in total. The Labute approximate surface area is 188 Å². The Morgan fingerprint density at radius 3 is 2.79 bits per heavy atom. The summed E-state index contributed by atoms with van der Waals surface area (Å²) in [6.45, 7) is 5.32. The highest BCUT2D eigenvalue weighted by Gasteiger charge is 2.13. The number of hydrogen-bond acceptors (Lipinski definition) is 6. The zero-order valence-electron chi connectivity index (χ0n) is 16.1. The topological polar surface area (TPSA) is 45.2 Å². The minimum absolute atomic E-state index is 0.0463. The number of carbonyl (C=O) groups is 1. The van der Waals surface area contributed by atoms with Crippen molar-refractivity contribution < 1.29 is 4.79 Å². The van der Waals surface area contributed by atoms with Gasteiger partial charge in [0.25, 0.3) is 0 Å². The van der Waals surface area contributed by atoms with Gasteiger partial charge >= 0.3 is 0 Å². The maximum atomic E-state index is 12.5. The van der Waals surface area contributed by atoms with Crippen LogP contribution in [-0.4, -0.2) is 40.4 Å². The Balaban J connectivity index is 1.35. The zero-order chi connectivity index (χ0) is 20.2. The van der Waals surface area contributed by atoms with Gasteiger partial charge in [0.2, 0.25) is 5.91 Å². The van der Waals surface area contributed by atoms with E-state index in [9.17, 15) is 4.79 Å². The molecule has 0 saturated carbocycles. The molecule has 0 bridgehead atoms. The lowest BCUT2D eigenvalue weighted by molar-refractivity contribution is -0.115. The Hall–Kier alpha value is -1.38. The van der Waals surface area contributed by atoms with Gasteiger partial charge in [-0.15, -0.1) is 22.7 Å². The van der Waals surface area contributed by atoms with Gasteiger partial charge in [-0.2, -0.15) is 11.8 Å². The lowest BCUT2D eigenvalue weighted by Crippen LogP contribution is -2.31. The first-order valence-electron chi connectivity index (χ1n) is 9.46. The van der Waals surface area contributed by atoms with Crippen LogP contribution in [0.25, 0.3) is 9.88 Å². The third-order valence-corrected chi connectivity index (χ3v) is 7.99. The van der Waals surface area contributed by atoms with Crippen molar-refractivity contribution in [3.05, 3.63) is 56.9 Å². The Bertz CT molecular complexity index is 995. The van der Waals surface area contributed by atoms with E-state index in [1.807, 2.05) is 42.3 Å². The van der Waals surface area contributed by atoms with Gasteiger partial charge < -0.3 is 5.32 Å². The quantitative estimate of drug-likeness (QED) is 0.519. The smallest absolute Gasteiger partial charge is 0.230 e. The third kappa shape index (κ3) is 5.61. The number of thioether (sulfide) groups is 1. The van der Waals surface area contributed by atoms with E-state index in [-0.39, 0.29) is 12.3 Å². The van der Waals surface area contributed by atoms with Gasteiger partial charge in [0, 0.05) is 42.2 Å². The summed E-state index contributed by atoms with van der Waals surface area (Å²) in [6, 6.07) is 10.1. The van der Waals surface area contributed by atoms with Crippen molar-refractivity contribution in [2.45, 2.75) is 19.9 Å². The van der Waals surface area contributed by atoms with Crippen molar-refractivity contribution in [3.8, 4) is 9.88 Å². The number of thiazole rings is 1. The molecular weight excluding hydrogens is 442 g/mol. The van der Waals surface area contributed by atoms with E-state index in [2.05, 4.69) is 27.3 Å². The minimum Gasteiger partial charge on any atom is -0.326 e. The number of nitrogens with one attached hydrogen (secondary N) is 1. The van der Waals surface area contributed by atoms with Crippen LogP contribution in [-0.2, 0) is 17.8 Å². The zero-order valence-corrected chi connectivity index (χ0v) is 19.3. The predicted octanol–water partition coefficient (Wildman–Crippen LogP) is 5.56. The maximum absolute atomic E-state index is 12.5. The first-order valence-corrected chi connectivity index (χ1v) is 12.7. The molecule has 0 aliphatic carbocycles. The molecule has 0 unspecified atom stereocenters. The van der Waals surface area contributed by atoms with Gasteiger partial charge in [-0.05, 0) is 36.2 Å². The average molecular weight is 464 g/mol. The Morgan fingerprint density at radius 2 is 2.07 bits per heavy atom. The molecular formula is C21H22ClN3OS3. The predicted molar refractivity (Wildman–Crippen MR) is 127 cm³/mol. The molecule has 1 saturated heterocycles. The molecule has 3 aromatic rings. The summed E-state index contributed by atoms with van der Waals surface area (Å²) >= 11 is 11.1. The molecule has 2 aromatic heterocycles. The third-order valence-electron chi connectivity index (χ3n) is 4.75. The number of hydrogen-bond donors (Lipinski definition) is 1. The molecule has 1 aromatic carbocycles. The molecule has 4 nitrogen and oxygen atoms in total. The SMILES string of the molecule is Cc1cc(CN2CCSCC2)ccc1NC(=O)Cc1csc(-c2ccc(Cl)s2)n1. The van der Waals surface area contributed by atoms with Crippen LogP contribution < -0.4 is 5.32 Å². The lowest BCUT2D eigenvalue weighted by atomic mass is 10.1. The highest BCUT2D eigenvalue weighted by molar-refractivity contribution is 7.99. The highest BCUT2D eigenvalue weighted by atomic mass is 35.5. The van der Waals surface area contributed by atoms with Crippen LogP contribution in [0.5, 0.6) is 0 Å². The van der Waals surface area contributed by atoms with E-state index in [0.29, 0.717) is 0 Å². The van der Waals surface area contributed by atoms with Gasteiger partial charge in [0.05, 0.1) is 21.3 Å². The Kier molecular flexibility index (Phi) is 6.92. The first-order chi connectivity index (χ1) is 14.1. The van der Waals surface area contributed by atoms with Crippen molar-refractivity contribution >= 4 is 57.6 Å². The Morgan fingerprint density at radius 1 is 1.24 bits per heavy atom. The van der Waals surface area contributed by atoms with Crippen LogP contribution >= 0.6 is 46.0 Å². The number of anilines is 1. The molecule has 29 heavy (non-hydrogen) atoms. The number of amides is 1. The highest BCUT2D eigenvalue weighted by Crippen LogP contribution is 2.33. The number of aromatic nitrogens is 1. The summed E-state index contributed by atoms with van der Waals surface area (Å²) in [7, 11) is 0. The molecule has 0 spiro atoms. The molecule has 3 heterocycles. The molecule has 1 aliphatic heterocycles. The van der Waals surface area contributed by atoms with Crippen molar-refractivity contribution in [3.63, 3.8) is 0 Å². The van der Waals surface area contributed by atoms with E-state index in [4.69, 9.17) is 11.6 Å². The standard InChI is InChI=1S/C21H22ClN3OS3/c1-14-10-15(12-25-6-8-27-9-7-25)2-3-17(14)24-20(26)11-16-13-28-21(23-16)18-4-5-19(22)29-18/h2-5,10,13H,6-9,11-12H2,1H3,(H,24,26). The molecule has 1 amide bonds. The van der Waals surface area contributed by atoms with Gasteiger partial charge in [0.15, 0.2) is 0 Å². The fraction of sp³-hybridized carbons (Fsp3) is 0.333. The van der Waals surface area contributed by atoms with E-state index in [0.717, 1.165) is 50.8 Å². The van der Waals surface area contributed by atoms with E-state index >= 15 is 0 Å². The molecule has 0 radical (unpaired) electrons. The normalized spacial score (nSPS) is 14.8. The number of nitrogens with zero attached hydrogens (tertiary/aromatic N) is 2. The second-order valence-electron chi connectivity index (χ2n) is 7.01. The summed E-state index contributed by atoms with van der Waals surface area (Å²) in [6.07, 6.45) is 0.266. The van der Waals surface area contributed by atoms with Crippen molar-refractivity contribution in [2.24, 2.45) is 0 Å².